The van der Waals surface area contributed by atoms with E-state index >= 15 is 0 Å². The van der Waals surface area contributed by atoms with Crippen LogP contribution in [0, 0.1) is 17.6 Å². The summed E-state index contributed by atoms with van der Waals surface area (Å²) in [6.45, 7) is 4.02. The van der Waals surface area contributed by atoms with Crippen LogP contribution in [0.2, 0.25) is 5.02 Å². The highest BCUT2D eigenvalue weighted by Gasteiger charge is 2.33. The number of amides is 2. The fourth-order valence-electron chi connectivity index (χ4n) is 5.46. The molecule has 0 unspecified atom stereocenters. The predicted molar refractivity (Wildman–Crippen MR) is 177 cm³/mol. The lowest BCUT2D eigenvalue weighted by Gasteiger charge is -2.32. The van der Waals surface area contributed by atoms with Crippen LogP contribution in [0.5, 0.6) is 0 Å². The Morgan fingerprint density at radius 1 is 1.08 bits per heavy atom. The molecule has 2 aromatic carbocycles. The minimum atomic E-state index is -2.98. The molecule has 254 valence electrons. The van der Waals surface area contributed by atoms with Crippen molar-refractivity contribution in [1.29, 1.82) is 0 Å². The summed E-state index contributed by atoms with van der Waals surface area (Å²) < 4.78 is 46.8. The van der Waals surface area contributed by atoms with Crippen LogP contribution >= 0.6 is 18.7 Å². The number of methoxy groups -OCH3 is 1. The van der Waals surface area contributed by atoms with Gasteiger partial charge in [0.05, 0.1) is 49.2 Å². The number of hydrogen-bond acceptors (Lipinski definition) is 8. The molecule has 2 heterocycles. The summed E-state index contributed by atoms with van der Waals surface area (Å²) in [5.41, 5.74) is 1.45. The average Bonchev–Trinajstić information content (AvgIpc) is 3.01. The van der Waals surface area contributed by atoms with Crippen molar-refractivity contribution in [2.45, 2.75) is 38.6 Å². The number of carbonyl (C=O) groups is 5. The van der Waals surface area contributed by atoms with Gasteiger partial charge in [0, 0.05) is 49.2 Å². The van der Waals surface area contributed by atoms with E-state index in [2.05, 4.69) is 10.3 Å². The fourth-order valence-corrected chi connectivity index (χ4v) is 6.45. The van der Waals surface area contributed by atoms with Crippen molar-refractivity contribution < 1.29 is 42.1 Å². The largest absolute Gasteiger partial charge is 0.469 e. The standard InChI is InChI=1S/C34H35ClF2N3O7P/c1-19-13-22(41)17-28(40(30(43)18-48(3,4)46)12-10-29(42)32-25(36)8-7-24(35)33(32)37)27-16-21(9-11-38-27)23-6-5-20(15-31(44)47-2)14-26(23)39-34(19)45/h5-9,11,14,16,19,28H,10,12-13,15,17-18H2,1-4H3,(H,39,45)/t19-,28+/m1/s1. The quantitative estimate of drug-likeness (QED) is 0.122. The maximum Gasteiger partial charge on any atom is 0.309 e. The Morgan fingerprint density at radius 3 is 2.50 bits per heavy atom. The molecule has 0 saturated heterocycles. The van der Waals surface area contributed by atoms with Crippen LogP contribution in [0.1, 0.15) is 53.8 Å². The van der Waals surface area contributed by atoms with E-state index in [1.165, 1.54) is 31.5 Å². The number of carbonyl (C=O) groups excluding carboxylic acids is 5. The van der Waals surface area contributed by atoms with Gasteiger partial charge < -0.3 is 19.5 Å². The van der Waals surface area contributed by atoms with E-state index in [1.807, 2.05) is 0 Å². The summed E-state index contributed by atoms with van der Waals surface area (Å²) in [6.07, 6.45) is -0.0627. The second-order valence-electron chi connectivity index (χ2n) is 12.2. The number of benzene rings is 2. The minimum Gasteiger partial charge on any atom is -0.469 e. The van der Waals surface area contributed by atoms with Crippen LogP contribution in [-0.2, 0) is 34.9 Å². The molecule has 2 atom stereocenters. The topological polar surface area (TPSA) is 140 Å². The van der Waals surface area contributed by atoms with Gasteiger partial charge >= 0.3 is 5.97 Å². The number of anilines is 1. The molecule has 4 rings (SSSR count). The highest BCUT2D eigenvalue weighted by atomic mass is 35.5. The van der Waals surface area contributed by atoms with E-state index in [0.717, 1.165) is 12.1 Å². The molecular formula is C34H35ClF2N3O7P. The monoisotopic (exact) mass is 701 g/mol. The molecule has 0 spiro atoms. The van der Waals surface area contributed by atoms with Gasteiger partial charge in [-0.3, -0.25) is 29.0 Å². The van der Waals surface area contributed by atoms with Crippen molar-refractivity contribution in [2.75, 3.05) is 38.5 Å². The van der Waals surface area contributed by atoms with Crippen molar-refractivity contribution in [3.05, 3.63) is 82.1 Å². The molecule has 0 saturated carbocycles. The first kappa shape index (κ1) is 36.6. The molecule has 1 aliphatic rings. The van der Waals surface area contributed by atoms with Crippen LogP contribution in [0.4, 0.5) is 14.5 Å². The van der Waals surface area contributed by atoms with Gasteiger partial charge in [0.2, 0.25) is 11.8 Å². The lowest BCUT2D eigenvalue weighted by atomic mass is 9.93. The van der Waals surface area contributed by atoms with Crippen molar-refractivity contribution in [2.24, 2.45) is 5.92 Å². The first-order chi connectivity index (χ1) is 22.6. The van der Waals surface area contributed by atoms with Gasteiger partial charge in [0.15, 0.2) is 11.6 Å². The molecule has 3 aromatic rings. The maximum atomic E-state index is 14.7. The number of halogens is 3. The number of nitrogens with one attached hydrogen (secondary N) is 1. The number of pyridine rings is 1. The lowest BCUT2D eigenvalue weighted by Crippen LogP contribution is -2.40. The highest BCUT2D eigenvalue weighted by molar-refractivity contribution is 7.63. The van der Waals surface area contributed by atoms with E-state index < -0.39 is 89.8 Å². The Kier molecular flexibility index (Phi) is 11.6. The summed E-state index contributed by atoms with van der Waals surface area (Å²) in [5, 5.41) is 2.41. The average molecular weight is 702 g/mol. The van der Waals surface area contributed by atoms with Gasteiger partial charge in [-0.1, -0.05) is 30.7 Å². The van der Waals surface area contributed by atoms with Gasteiger partial charge in [-0.15, -0.1) is 0 Å². The van der Waals surface area contributed by atoms with E-state index in [4.69, 9.17) is 16.3 Å². The molecule has 2 bridgehead atoms. The number of fused-ring (bicyclic) bond motifs is 4. The van der Waals surface area contributed by atoms with Crippen LogP contribution in [0.25, 0.3) is 11.1 Å². The third-order valence-corrected chi connectivity index (χ3v) is 9.19. The first-order valence-electron chi connectivity index (χ1n) is 15.1. The molecular weight excluding hydrogens is 667 g/mol. The van der Waals surface area contributed by atoms with Crippen LogP contribution < -0.4 is 5.32 Å². The van der Waals surface area contributed by atoms with Gasteiger partial charge in [-0.2, -0.15) is 0 Å². The Balaban J connectivity index is 1.82. The number of rotatable bonds is 9. The van der Waals surface area contributed by atoms with E-state index in [9.17, 15) is 37.3 Å². The number of hydrogen-bond donors (Lipinski definition) is 1. The van der Waals surface area contributed by atoms with Crippen LogP contribution in [0.15, 0.2) is 48.7 Å². The third kappa shape index (κ3) is 8.99. The van der Waals surface area contributed by atoms with Crippen LogP contribution in [0.3, 0.4) is 0 Å². The number of ether oxygens (including phenoxy) is 1. The molecule has 2 amide bonds. The number of esters is 1. The normalized spacial score (nSPS) is 16.6. The van der Waals surface area contributed by atoms with Crippen molar-refractivity contribution in [1.82, 2.24) is 9.88 Å². The second-order valence-corrected chi connectivity index (χ2v) is 16.0. The molecule has 1 aliphatic heterocycles. The number of aromatic nitrogens is 1. The summed E-state index contributed by atoms with van der Waals surface area (Å²) >= 11 is 5.79. The SMILES string of the molecule is COC(=O)Cc1ccc2c(c1)NC(=O)[C@H](C)CC(=O)C[C@H](N(CCC(=O)c1c(F)ccc(Cl)c1F)C(=O)CP(C)(C)=O)c1cc-2ccn1. The molecule has 14 heteroatoms. The lowest BCUT2D eigenvalue weighted by molar-refractivity contribution is -0.139. The van der Waals surface area contributed by atoms with E-state index in [0.29, 0.717) is 22.4 Å². The summed E-state index contributed by atoms with van der Waals surface area (Å²) in [4.78, 5) is 71.2. The Hall–Kier alpha value is -4.28. The van der Waals surface area contributed by atoms with Gasteiger partial charge in [-0.05, 0) is 54.8 Å². The maximum absolute atomic E-state index is 14.7. The van der Waals surface area contributed by atoms with Crippen LogP contribution in [-0.4, -0.2) is 72.4 Å². The van der Waals surface area contributed by atoms with Gasteiger partial charge in [-0.25, -0.2) is 8.78 Å². The van der Waals surface area contributed by atoms with E-state index in [-0.39, 0.29) is 25.0 Å². The Labute approximate surface area is 281 Å². The zero-order valence-corrected chi connectivity index (χ0v) is 28.5. The Morgan fingerprint density at radius 2 is 1.81 bits per heavy atom. The van der Waals surface area contributed by atoms with Crippen molar-refractivity contribution >= 4 is 53.8 Å². The summed E-state index contributed by atoms with van der Waals surface area (Å²) in [7, 11) is -1.71. The predicted octanol–water partition coefficient (Wildman–Crippen LogP) is 6.10. The zero-order valence-electron chi connectivity index (χ0n) is 26.8. The van der Waals surface area contributed by atoms with Crippen molar-refractivity contribution in [3.8, 4) is 11.1 Å². The number of Topliss-reactive ketones (excluding diaryl/α,β-unsaturated/α-hetero) is 2. The number of ketones is 2. The zero-order chi connectivity index (χ0) is 35.3. The molecule has 0 aliphatic carbocycles. The van der Waals surface area contributed by atoms with Gasteiger partial charge in [0.25, 0.3) is 0 Å². The third-order valence-electron chi connectivity index (χ3n) is 7.87. The van der Waals surface area contributed by atoms with Gasteiger partial charge in [0.1, 0.15) is 11.6 Å². The highest BCUT2D eigenvalue weighted by Crippen LogP contribution is 2.39. The molecule has 0 fully saturated rings. The summed E-state index contributed by atoms with van der Waals surface area (Å²) in [5.74, 6) is -6.11. The molecule has 10 nitrogen and oxygen atoms in total. The minimum absolute atomic E-state index is 0.0468. The smallest absolute Gasteiger partial charge is 0.309 e. The fraction of sp³-hybridized carbons (Fsp3) is 0.353. The number of nitrogens with zero attached hydrogens (tertiary/aromatic N) is 2. The molecule has 0 radical (unpaired) electrons. The van der Waals surface area contributed by atoms with E-state index in [1.54, 1.807) is 37.3 Å². The summed E-state index contributed by atoms with van der Waals surface area (Å²) in [6, 6.07) is 9.09. The molecule has 1 N–H and O–H groups in total. The Bertz CT molecular complexity index is 1830. The first-order valence-corrected chi connectivity index (χ1v) is 18.2. The second kappa shape index (κ2) is 15.3. The molecule has 48 heavy (non-hydrogen) atoms. The molecule has 1 aromatic heterocycles. The van der Waals surface area contributed by atoms with Crippen molar-refractivity contribution in [3.63, 3.8) is 0 Å².